The van der Waals surface area contributed by atoms with Crippen LogP contribution in [0.15, 0.2) is 72.9 Å². The number of anilines is 3. The molecule has 0 saturated carbocycles. The number of pyridine rings is 1. The van der Waals surface area contributed by atoms with Crippen LogP contribution in [0.3, 0.4) is 0 Å². The molecule has 3 rings (SSSR count). The number of amides is 1. The summed E-state index contributed by atoms with van der Waals surface area (Å²) in [6.07, 6.45) is 1.66. The van der Waals surface area contributed by atoms with Gasteiger partial charge in [0, 0.05) is 11.4 Å². The average molecular weight is 331 g/mol. The van der Waals surface area contributed by atoms with Crippen LogP contribution in [-0.2, 0) is 0 Å². The van der Waals surface area contributed by atoms with Crippen LogP contribution in [0.25, 0.3) is 0 Å². The Labute approximate surface area is 147 Å². The van der Waals surface area contributed by atoms with Crippen molar-refractivity contribution in [2.45, 2.75) is 19.8 Å². The van der Waals surface area contributed by atoms with Gasteiger partial charge in [-0.15, -0.1) is 0 Å². The quantitative estimate of drug-likeness (QED) is 0.675. The van der Waals surface area contributed by atoms with E-state index in [0.717, 1.165) is 17.1 Å². The predicted octanol–water partition coefficient (Wildman–Crippen LogP) is 5.20. The van der Waals surface area contributed by atoms with Crippen LogP contribution >= 0.6 is 0 Å². The maximum Gasteiger partial charge on any atom is 0.274 e. The van der Waals surface area contributed by atoms with Gasteiger partial charge in [-0.25, -0.2) is 4.98 Å². The van der Waals surface area contributed by atoms with Crippen LogP contribution in [0, 0.1) is 0 Å². The number of hydrogen-bond acceptors (Lipinski definition) is 3. The van der Waals surface area contributed by atoms with Crippen LogP contribution in [-0.4, -0.2) is 10.9 Å². The summed E-state index contributed by atoms with van der Waals surface area (Å²) in [7, 11) is 0. The van der Waals surface area contributed by atoms with Crippen LogP contribution in [0.4, 0.5) is 17.1 Å². The molecule has 0 spiro atoms. The Morgan fingerprint density at radius 2 is 1.52 bits per heavy atom. The van der Waals surface area contributed by atoms with E-state index in [9.17, 15) is 4.79 Å². The lowest BCUT2D eigenvalue weighted by atomic mass is 10.0. The third-order valence-corrected chi connectivity index (χ3v) is 3.89. The molecule has 25 heavy (non-hydrogen) atoms. The first-order chi connectivity index (χ1) is 12.1. The van der Waals surface area contributed by atoms with Gasteiger partial charge in [0.15, 0.2) is 0 Å². The highest BCUT2D eigenvalue weighted by Crippen LogP contribution is 2.20. The summed E-state index contributed by atoms with van der Waals surface area (Å²) < 4.78 is 0. The molecule has 1 aromatic heterocycles. The molecule has 4 nitrogen and oxygen atoms in total. The second-order valence-electron chi connectivity index (χ2n) is 6.15. The summed E-state index contributed by atoms with van der Waals surface area (Å²) in [6, 6.07) is 21.2. The maximum atomic E-state index is 12.2. The van der Waals surface area contributed by atoms with E-state index >= 15 is 0 Å². The van der Waals surface area contributed by atoms with Crippen LogP contribution in [0.5, 0.6) is 0 Å². The van der Waals surface area contributed by atoms with E-state index in [0.29, 0.717) is 11.6 Å². The monoisotopic (exact) mass is 331 g/mol. The fraction of sp³-hybridized carbons (Fsp3) is 0.143. The lowest BCUT2D eigenvalue weighted by Crippen LogP contribution is -2.13. The standard InChI is InChI=1S/C21H21N3O/c1-15(2)16-8-10-18(11-9-16)23-19-12-13-20(22-14-19)21(25)24-17-6-4-3-5-7-17/h3-15,23H,1-2H3,(H,24,25). The van der Waals surface area contributed by atoms with Crippen molar-refractivity contribution in [2.24, 2.45) is 0 Å². The highest BCUT2D eigenvalue weighted by molar-refractivity contribution is 6.02. The van der Waals surface area contributed by atoms with Gasteiger partial charge in [-0.2, -0.15) is 0 Å². The third-order valence-electron chi connectivity index (χ3n) is 3.89. The summed E-state index contributed by atoms with van der Waals surface area (Å²) in [6.45, 7) is 4.34. The zero-order chi connectivity index (χ0) is 17.6. The number of nitrogens with zero attached hydrogens (tertiary/aromatic N) is 1. The number of rotatable bonds is 5. The van der Waals surface area contributed by atoms with E-state index in [1.807, 2.05) is 48.5 Å². The van der Waals surface area contributed by atoms with E-state index < -0.39 is 0 Å². The van der Waals surface area contributed by atoms with Gasteiger partial charge in [0.1, 0.15) is 5.69 Å². The predicted molar refractivity (Wildman–Crippen MR) is 102 cm³/mol. The fourth-order valence-corrected chi connectivity index (χ4v) is 2.44. The first kappa shape index (κ1) is 16.7. The van der Waals surface area contributed by atoms with Crippen molar-refractivity contribution < 1.29 is 4.79 Å². The lowest BCUT2D eigenvalue weighted by molar-refractivity contribution is 0.102. The van der Waals surface area contributed by atoms with E-state index in [1.165, 1.54) is 5.56 Å². The zero-order valence-electron chi connectivity index (χ0n) is 14.4. The molecule has 0 radical (unpaired) electrons. The van der Waals surface area contributed by atoms with Crippen molar-refractivity contribution >= 4 is 23.0 Å². The topological polar surface area (TPSA) is 54.0 Å². The molecule has 0 aliphatic heterocycles. The Bertz CT molecular complexity index is 825. The minimum absolute atomic E-state index is 0.223. The lowest BCUT2D eigenvalue weighted by Gasteiger charge is -2.10. The van der Waals surface area contributed by atoms with Gasteiger partial charge in [0.05, 0.1) is 11.9 Å². The molecule has 2 aromatic carbocycles. The number of para-hydroxylation sites is 1. The molecule has 1 heterocycles. The molecule has 126 valence electrons. The number of hydrogen-bond donors (Lipinski definition) is 2. The Balaban J connectivity index is 1.64. The molecule has 2 N–H and O–H groups in total. The molecule has 0 bridgehead atoms. The van der Waals surface area contributed by atoms with Gasteiger partial charge in [-0.1, -0.05) is 44.2 Å². The summed E-state index contributed by atoms with van der Waals surface area (Å²) in [5.41, 5.74) is 4.27. The smallest absolute Gasteiger partial charge is 0.274 e. The second-order valence-corrected chi connectivity index (χ2v) is 6.15. The normalized spacial score (nSPS) is 10.5. The number of aromatic nitrogens is 1. The molecule has 0 atom stereocenters. The zero-order valence-corrected chi connectivity index (χ0v) is 14.4. The highest BCUT2D eigenvalue weighted by atomic mass is 16.1. The summed E-state index contributed by atoms with van der Waals surface area (Å²) in [5, 5.41) is 6.11. The molecule has 0 aliphatic rings. The first-order valence-electron chi connectivity index (χ1n) is 8.31. The molecular weight excluding hydrogens is 310 g/mol. The van der Waals surface area contributed by atoms with Crippen molar-refractivity contribution in [3.05, 3.63) is 84.2 Å². The van der Waals surface area contributed by atoms with Gasteiger partial charge in [-0.05, 0) is 47.9 Å². The van der Waals surface area contributed by atoms with Crippen LogP contribution < -0.4 is 10.6 Å². The van der Waals surface area contributed by atoms with Crippen molar-refractivity contribution in [3.63, 3.8) is 0 Å². The van der Waals surface area contributed by atoms with E-state index in [4.69, 9.17) is 0 Å². The molecule has 0 aliphatic carbocycles. The van der Waals surface area contributed by atoms with Crippen molar-refractivity contribution in [2.75, 3.05) is 10.6 Å². The van der Waals surface area contributed by atoms with Crippen LogP contribution in [0.1, 0.15) is 35.8 Å². The highest BCUT2D eigenvalue weighted by Gasteiger charge is 2.07. The molecule has 0 fully saturated rings. The average Bonchev–Trinajstić information content (AvgIpc) is 2.63. The van der Waals surface area contributed by atoms with Gasteiger partial charge in [-0.3, -0.25) is 4.79 Å². The van der Waals surface area contributed by atoms with Gasteiger partial charge in [0.2, 0.25) is 0 Å². The van der Waals surface area contributed by atoms with E-state index in [-0.39, 0.29) is 5.91 Å². The molecule has 0 saturated heterocycles. The Morgan fingerprint density at radius 3 is 2.12 bits per heavy atom. The third kappa shape index (κ3) is 4.44. The molecule has 3 aromatic rings. The molecule has 1 amide bonds. The Hall–Kier alpha value is -3.14. The largest absolute Gasteiger partial charge is 0.354 e. The Kier molecular flexibility index (Phi) is 5.09. The number of benzene rings is 2. The maximum absolute atomic E-state index is 12.2. The molecule has 4 heteroatoms. The number of carbonyl (C=O) groups excluding carboxylic acids is 1. The minimum atomic E-state index is -0.223. The second kappa shape index (κ2) is 7.62. The van der Waals surface area contributed by atoms with Gasteiger partial charge < -0.3 is 10.6 Å². The van der Waals surface area contributed by atoms with E-state index in [1.54, 1.807) is 12.3 Å². The van der Waals surface area contributed by atoms with Crippen LogP contribution in [0.2, 0.25) is 0 Å². The fourth-order valence-electron chi connectivity index (χ4n) is 2.44. The Morgan fingerprint density at radius 1 is 0.840 bits per heavy atom. The summed E-state index contributed by atoms with van der Waals surface area (Å²) in [5.74, 6) is 0.289. The van der Waals surface area contributed by atoms with Gasteiger partial charge in [0.25, 0.3) is 5.91 Å². The number of nitrogens with one attached hydrogen (secondary N) is 2. The summed E-state index contributed by atoms with van der Waals surface area (Å²) >= 11 is 0. The van der Waals surface area contributed by atoms with E-state index in [2.05, 4.69) is 41.6 Å². The summed E-state index contributed by atoms with van der Waals surface area (Å²) in [4.78, 5) is 16.4. The minimum Gasteiger partial charge on any atom is -0.354 e. The first-order valence-corrected chi connectivity index (χ1v) is 8.31. The van der Waals surface area contributed by atoms with Crippen molar-refractivity contribution in [1.29, 1.82) is 0 Å². The van der Waals surface area contributed by atoms with Crippen molar-refractivity contribution in [1.82, 2.24) is 4.98 Å². The molecular formula is C21H21N3O. The number of carbonyl (C=O) groups is 1. The SMILES string of the molecule is CC(C)c1ccc(Nc2ccc(C(=O)Nc3ccccc3)nc2)cc1. The van der Waals surface area contributed by atoms with Crippen molar-refractivity contribution in [3.8, 4) is 0 Å². The molecule has 0 unspecified atom stereocenters. The van der Waals surface area contributed by atoms with Gasteiger partial charge >= 0.3 is 0 Å².